The highest BCUT2D eigenvalue weighted by atomic mass is 32.2. The van der Waals surface area contributed by atoms with Gasteiger partial charge in [0.25, 0.3) is 0 Å². The first-order valence-electron chi connectivity index (χ1n) is 9.32. The number of hydrogen-bond donors (Lipinski definition) is 0. The number of hydrogen-bond acceptors (Lipinski definition) is 7. The molecular formula is C18H24N4O3S3. The second-order valence-corrected chi connectivity index (χ2v) is 11.0. The molecule has 1 aromatic carbocycles. The lowest BCUT2D eigenvalue weighted by Gasteiger charge is -2.36. The van der Waals surface area contributed by atoms with Gasteiger partial charge in [-0.15, -0.1) is 11.8 Å². The highest BCUT2D eigenvalue weighted by molar-refractivity contribution is 7.98. The van der Waals surface area contributed by atoms with Crippen LogP contribution in [0.25, 0.3) is 10.2 Å². The molecule has 0 bridgehead atoms. The summed E-state index contributed by atoms with van der Waals surface area (Å²) in [6.07, 6.45) is 4.61. The molecule has 2 aliphatic rings. The van der Waals surface area contributed by atoms with Crippen LogP contribution in [0.2, 0.25) is 0 Å². The zero-order valence-electron chi connectivity index (χ0n) is 16.0. The number of thioether (sulfide) groups is 1. The van der Waals surface area contributed by atoms with Gasteiger partial charge < -0.3 is 9.80 Å². The molecular weight excluding hydrogens is 416 g/mol. The summed E-state index contributed by atoms with van der Waals surface area (Å²) in [6, 6.07) is 5.78. The van der Waals surface area contributed by atoms with Crippen LogP contribution in [-0.4, -0.2) is 79.8 Å². The Balaban J connectivity index is 1.42. The van der Waals surface area contributed by atoms with E-state index in [0.717, 1.165) is 17.1 Å². The first-order valence-corrected chi connectivity index (χ1v) is 13.2. The average Bonchev–Trinajstić information content (AvgIpc) is 3.33. The predicted octanol–water partition coefficient (Wildman–Crippen LogP) is 2.09. The van der Waals surface area contributed by atoms with E-state index >= 15 is 0 Å². The third-order valence-corrected chi connectivity index (χ3v) is 8.45. The monoisotopic (exact) mass is 440 g/mol. The van der Waals surface area contributed by atoms with Crippen LogP contribution in [0.3, 0.4) is 0 Å². The van der Waals surface area contributed by atoms with Crippen molar-refractivity contribution in [3.05, 3.63) is 18.2 Å². The number of amides is 1. The Bertz CT molecular complexity index is 983. The molecule has 152 valence electrons. The van der Waals surface area contributed by atoms with Crippen molar-refractivity contribution in [1.82, 2.24) is 14.2 Å². The normalized spacial score (nSPS) is 21.6. The fraction of sp³-hybridized carbons (Fsp3) is 0.556. The molecule has 10 heteroatoms. The van der Waals surface area contributed by atoms with E-state index in [1.807, 2.05) is 4.90 Å². The van der Waals surface area contributed by atoms with Crippen LogP contribution in [-0.2, 0) is 14.8 Å². The third-order valence-electron chi connectivity index (χ3n) is 5.36. The number of rotatable bonds is 4. The SMILES string of the molecule is CSc1ccc2nc(N3CCN(C(=O)C4CCCN4S(C)(=O)=O)CC3)sc2c1. The van der Waals surface area contributed by atoms with Crippen molar-refractivity contribution in [2.45, 2.75) is 23.8 Å². The van der Waals surface area contributed by atoms with Gasteiger partial charge >= 0.3 is 0 Å². The van der Waals surface area contributed by atoms with Crippen molar-refractivity contribution < 1.29 is 13.2 Å². The molecule has 1 aromatic heterocycles. The Morgan fingerprint density at radius 2 is 1.96 bits per heavy atom. The number of carbonyl (C=O) groups is 1. The lowest BCUT2D eigenvalue weighted by atomic mass is 10.2. The third kappa shape index (κ3) is 3.87. The Morgan fingerprint density at radius 1 is 1.21 bits per heavy atom. The summed E-state index contributed by atoms with van der Waals surface area (Å²) in [6.45, 7) is 3.07. The Hall–Kier alpha value is -1.36. The van der Waals surface area contributed by atoms with Crippen LogP contribution in [0.5, 0.6) is 0 Å². The van der Waals surface area contributed by atoms with E-state index in [9.17, 15) is 13.2 Å². The van der Waals surface area contributed by atoms with Crippen LogP contribution in [0.4, 0.5) is 5.13 Å². The summed E-state index contributed by atoms with van der Waals surface area (Å²) in [5.74, 6) is -0.0588. The van der Waals surface area contributed by atoms with Crippen molar-refractivity contribution in [2.24, 2.45) is 0 Å². The fourth-order valence-electron chi connectivity index (χ4n) is 3.87. The highest BCUT2D eigenvalue weighted by Gasteiger charge is 2.39. The maximum Gasteiger partial charge on any atom is 0.241 e. The van der Waals surface area contributed by atoms with E-state index in [-0.39, 0.29) is 5.91 Å². The number of piperazine rings is 1. The van der Waals surface area contributed by atoms with Gasteiger partial charge in [0, 0.05) is 37.6 Å². The molecule has 0 aliphatic carbocycles. The topological polar surface area (TPSA) is 73.8 Å². The van der Waals surface area contributed by atoms with Crippen molar-refractivity contribution in [2.75, 3.05) is 50.1 Å². The number of anilines is 1. The van der Waals surface area contributed by atoms with Gasteiger partial charge in [-0.1, -0.05) is 11.3 Å². The van der Waals surface area contributed by atoms with Crippen molar-refractivity contribution in [3.63, 3.8) is 0 Å². The van der Waals surface area contributed by atoms with E-state index in [4.69, 9.17) is 4.98 Å². The van der Waals surface area contributed by atoms with Crippen LogP contribution in [0, 0.1) is 0 Å². The summed E-state index contributed by atoms with van der Waals surface area (Å²) in [4.78, 5) is 22.9. The van der Waals surface area contributed by atoms with Gasteiger partial charge in [0.05, 0.1) is 16.5 Å². The second kappa shape index (κ2) is 7.81. The predicted molar refractivity (Wildman–Crippen MR) is 115 cm³/mol. The van der Waals surface area contributed by atoms with Gasteiger partial charge in [0.15, 0.2) is 5.13 Å². The number of carbonyl (C=O) groups excluding carboxylic acids is 1. The number of fused-ring (bicyclic) bond motifs is 1. The molecule has 2 saturated heterocycles. The molecule has 0 saturated carbocycles. The van der Waals surface area contributed by atoms with Crippen LogP contribution < -0.4 is 4.90 Å². The highest BCUT2D eigenvalue weighted by Crippen LogP contribution is 2.32. The van der Waals surface area contributed by atoms with Crippen LogP contribution in [0.1, 0.15) is 12.8 Å². The quantitative estimate of drug-likeness (QED) is 0.678. The molecule has 7 nitrogen and oxygen atoms in total. The number of nitrogens with zero attached hydrogens (tertiary/aromatic N) is 4. The molecule has 0 spiro atoms. The van der Waals surface area contributed by atoms with Crippen LogP contribution in [0.15, 0.2) is 23.1 Å². The zero-order valence-corrected chi connectivity index (χ0v) is 18.4. The molecule has 28 heavy (non-hydrogen) atoms. The lowest BCUT2D eigenvalue weighted by Crippen LogP contribution is -2.54. The smallest absolute Gasteiger partial charge is 0.241 e. The van der Waals surface area contributed by atoms with E-state index in [1.54, 1.807) is 23.1 Å². The Kier molecular flexibility index (Phi) is 5.56. The number of benzene rings is 1. The number of sulfonamides is 1. The largest absolute Gasteiger partial charge is 0.345 e. The van der Waals surface area contributed by atoms with Crippen molar-refractivity contribution in [3.8, 4) is 0 Å². The molecule has 0 radical (unpaired) electrons. The Morgan fingerprint density at radius 3 is 2.64 bits per heavy atom. The number of aromatic nitrogens is 1. The minimum absolute atomic E-state index is 0.0588. The van der Waals surface area contributed by atoms with Gasteiger partial charge in [-0.2, -0.15) is 4.31 Å². The van der Waals surface area contributed by atoms with E-state index in [0.29, 0.717) is 39.1 Å². The second-order valence-electron chi connectivity index (χ2n) is 7.17. The summed E-state index contributed by atoms with van der Waals surface area (Å²) < 4.78 is 26.4. The summed E-state index contributed by atoms with van der Waals surface area (Å²) in [5, 5.41) is 0.985. The molecule has 1 amide bonds. The number of thiazole rings is 1. The van der Waals surface area contributed by atoms with E-state index < -0.39 is 16.1 Å². The first-order chi connectivity index (χ1) is 13.4. The molecule has 2 fully saturated rings. The van der Waals surface area contributed by atoms with Gasteiger partial charge in [-0.3, -0.25) is 4.79 Å². The maximum atomic E-state index is 12.9. The van der Waals surface area contributed by atoms with Gasteiger partial charge in [0.1, 0.15) is 6.04 Å². The summed E-state index contributed by atoms with van der Waals surface area (Å²) in [5.41, 5.74) is 1.01. The van der Waals surface area contributed by atoms with E-state index in [1.165, 1.54) is 20.2 Å². The standard InChI is InChI=1S/C18H24N4O3S3/c1-26-13-5-6-14-16(12-13)27-18(19-14)21-10-8-20(9-11-21)17(23)15-4-3-7-22(15)28(2,24)25/h5-6,12,15H,3-4,7-11H2,1-2H3. The van der Waals surface area contributed by atoms with E-state index in [2.05, 4.69) is 29.4 Å². The Labute approximate surface area is 173 Å². The molecule has 1 atom stereocenters. The molecule has 3 heterocycles. The molecule has 1 unspecified atom stereocenters. The summed E-state index contributed by atoms with van der Waals surface area (Å²) in [7, 11) is -3.34. The zero-order chi connectivity index (χ0) is 19.9. The molecule has 0 N–H and O–H groups in total. The summed E-state index contributed by atoms with van der Waals surface area (Å²) >= 11 is 3.40. The average molecular weight is 441 g/mol. The molecule has 2 aromatic rings. The van der Waals surface area contributed by atoms with Crippen molar-refractivity contribution >= 4 is 54.4 Å². The minimum atomic E-state index is -3.34. The molecule has 4 rings (SSSR count). The molecule has 2 aliphatic heterocycles. The van der Waals surface area contributed by atoms with Gasteiger partial charge in [-0.05, 0) is 37.3 Å². The minimum Gasteiger partial charge on any atom is -0.345 e. The van der Waals surface area contributed by atoms with Gasteiger partial charge in [0.2, 0.25) is 15.9 Å². The van der Waals surface area contributed by atoms with Crippen LogP contribution >= 0.6 is 23.1 Å². The fourth-order valence-corrected chi connectivity index (χ4v) is 6.56. The van der Waals surface area contributed by atoms with Gasteiger partial charge in [-0.25, -0.2) is 13.4 Å². The lowest BCUT2D eigenvalue weighted by molar-refractivity contribution is -0.134. The first kappa shape index (κ1) is 19.9. The van der Waals surface area contributed by atoms with Crippen molar-refractivity contribution in [1.29, 1.82) is 0 Å². The maximum absolute atomic E-state index is 12.9.